The maximum absolute atomic E-state index is 13.1. The molecule has 3 rings (SSSR count). The van der Waals surface area contributed by atoms with Crippen LogP contribution in [0.3, 0.4) is 0 Å². The molecule has 1 aliphatic carbocycles. The second-order valence-corrected chi connectivity index (χ2v) is 7.10. The van der Waals surface area contributed by atoms with Gasteiger partial charge in [0.15, 0.2) is 0 Å². The van der Waals surface area contributed by atoms with Crippen molar-refractivity contribution in [3.8, 4) is 0 Å². The monoisotopic (exact) mass is 376 g/mol. The topological polar surface area (TPSA) is 64.3 Å². The highest BCUT2D eigenvalue weighted by Gasteiger charge is 2.41. The number of carbonyl (C=O) groups is 1. The Hall–Kier alpha value is -1.62. The van der Waals surface area contributed by atoms with Crippen LogP contribution >= 0.6 is 12.4 Å². The Bertz CT molecular complexity index is 729. The lowest BCUT2D eigenvalue weighted by Crippen LogP contribution is -2.43. The summed E-state index contributed by atoms with van der Waals surface area (Å²) in [4.78, 5) is 13.1. The van der Waals surface area contributed by atoms with E-state index in [1.165, 1.54) is 10.8 Å². The average molecular weight is 377 g/mol. The van der Waals surface area contributed by atoms with Crippen molar-refractivity contribution >= 4 is 29.1 Å². The molecule has 1 amide bonds. The molecule has 26 heavy (non-hydrogen) atoms. The lowest BCUT2D eigenvalue weighted by molar-refractivity contribution is -0.132. The van der Waals surface area contributed by atoms with Gasteiger partial charge in [-0.3, -0.25) is 4.79 Å². The normalized spacial score (nSPS) is 16.8. The predicted octanol–water partition coefficient (Wildman–Crippen LogP) is 3.97. The number of nitrogens with one attached hydrogen (secondary N) is 1. The van der Waals surface area contributed by atoms with Gasteiger partial charge in [0.2, 0.25) is 5.91 Å². The minimum atomic E-state index is -0.291. The van der Waals surface area contributed by atoms with Crippen LogP contribution in [0.5, 0.6) is 0 Å². The van der Waals surface area contributed by atoms with E-state index >= 15 is 0 Å². The molecule has 1 saturated carbocycles. The molecule has 0 saturated heterocycles. The molecule has 0 bridgehead atoms. The van der Waals surface area contributed by atoms with Crippen molar-refractivity contribution < 1.29 is 9.53 Å². The van der Waals surface area contributed by atoms with E-state index in [1.54, 1.807) is 7.11 Å². The zero-order valence-electron chi connectivity index (χ0n) is 15.4. The number of hydrogen-bond acceptors (Lipinski definition) is 3. The van der Waals surface area contributed by atoms with Crippen molar-refractivity contribution in [3.05, 3.63) is 48.0 Å². The van der Waals surface area contributed by atoms with E-state index in [4.69, 9.17) is 10.5 Å². The summed E-state index contributed by atoms with van der Waals surface area (Å²) in [6, 6.07) is 14.4. The van der Waals surface area contributed by atoms with Crippen molar-refractivity contribution in [1.82, 2.24) is 5.32 Å². The Kier molecular flexibility index (Phi) is 7.44. The maximum atomic E-state index is 13.1. The predicted molar refractivity (Wildman–Crippen MR) is 109 cm³/mol. The SMILES string of the molecule is COCCC1(C(=O)NC(CN)c2ccc3ccccc3c2)CCCC1.Cl. The van der Waals surface area contributed by atoms with Gasteiger partial charge >= 0.3 is 0 Å². The Labute approximate surface area is 161 Å². The zero-order valence-corrected chi connectivity index (χ0v) is 16.2. The lowest BCUT2D eigenvalue weighted by atomic mass is 9.81. The molecule has 0 radical (unpaired) electrons. The Balaban J connectivity index is 0.00000243. The van der Waals surface area contributed by atoms with Gasteiger partial charge in [0.05, 0.1) is 11.5 Å². The van der Waals surface area contributed by atoms with Crippen LogP contribution in [0, 0.1) is 5.41 Å². The van der Waals surface area contributed by atoms with E-state index in [9.17, 15) is 4.79 Å². The fraction of sp³-hybridized carbons (Fsp3) is 0.476. The Morgan fingerprint density at radius 3 is 2.54 bits per heavy atom. The second kappa shape index (κ2) is 9.36. The first-order valence-corrected chi connectivity index (χ1v) is 9.17. The summed E-state index contributed by atoms with van der Waals surface area (Å²) < 4.78 is 5.24. The number of nitrogens with two attached hydrogens (primary N) is 1. The lowest BCUT2D eigenvalue weighted by Gasteiger charge is -2.30. The van der Waals surface area contributed by atoms with E-state index in [1.807, 2.05) is 12.1 Å². The van der Waals surface area contributed by atoms with Crippen LogP contribution in [0.2, 0.25) is 0 Å². The molecule has 1 unspecified atom stereocenters. The van der Waals surface area contributed by atoms with Crippen molar-refractivity contribution in [1.29, 1.82) is 0 Å². The average Bonchev–Trinajstić information content (AvgIpc) is 3.14. The van der Waals surface area contributed by atoms with Gasteiger partial charge in [0, 0.05) is 20.3 Å². The third-order valence-corrected chi connectivity index (χ3v) is 5.54. The molecule has 1 aliphatic rings. The van der Waals surface area contributed by atoms with Crippen LogP contribution < -0.4 is 11.1 Å². The van der Waals surface area contributed by atoms with Crippen molar-refractivity contribution in [2.45, 2.75) is 38.1 Å². The second-order valence-electron chi connectivity index (χ2n) is 7.10. The Morgan fingerprint density at radius 1 is 1.19 bits per heavy atom. The van der Waals surface area contributed by atoms with Gasteiger partial charge in [0.1, 0.15) is 0 Å². The number of halogens is 1. The van der Waals surface area contributed by atoms with E-state index in [-0.39, 0.29) is 29.8 Å². The summed E-state index contributed by atoms with van der Waals surface area (Å²) >= 11 is 0. The summed E-state index contributed by atoms with van der Waals surface area (Å²) in [7, 11) is 1.69. The summed E-state index contributed by atoms with van der Waals surface area (Å²) in [5.41, 5.74) is 6.77. The molecule has 4 nitrogen and oxygen atoms in total. The fourth-order valence-electron chi connectivity index (χ4n) is 3.95. The highest BCUT2D eigenvalue weighted by Crippen LogP contribution is 2.41. The van der Waals surface area contributed by atoms with Gasteiger partial charge < -0.3 is 15.8 Å². The molecule has 5 heteroatoms. The summed E-state index contributed by atoms with van der Waals surface area (Å²) in [6.07, 6.45) is 4.89. The number of fused-ring (bicyclic) bond motifs is 1. The van der Waals surface area contributed by atoms with Crippen LogP contribution in [0.4, 0.5) is 0 Å². The molecule has 2 aromatic rings. The number of rotatable bonds is 7. The standard InChI is InChI=1S/C21H28N2O2.ClH/c1-25-13-12-21(10-4-5-11-21)20(24)23-19(15-22)18-9-8-16-6-2-3-7-17(16)14-18;/h2-3,6-9,14,19H,4-5,10-13,15,22H2,1H3,(H,23,24);1H. The Morgan fingerprint density at radius 2 is 1.88 bits per heavy atom. The molecule has 0 heterocycles. The highest BCUT2D eigenvalue weighted by atomic mass is 35.5. The quantitative estimate of drug-likeness (QED) is 0.768. The summed E-state index contributed by atoms with van der Waals surface area (Å²) in [6.45, 7) is 1.02. The zero-order chi connectivity index (χ0) is 17.7. The molecular weight excluding hydrogens is 348 g/mol. The van der Waals surface area contributed by atoms with Gasteiger partial charge in [-0.25, -0.2) is 0 Å². The largest absolute Gasteiger partial charge is 0.385 e. The highest BCUT2D eigenvalue weighted by molar-refractivity contribution is 5.85. The van der Waals surface area contributed by atoms with Crippen LogP contribution in [0.1, 0.15) is 43.7 Å². The number of ether oxygens (including phenoxy) is 1. The minimum absolute atomic E-state index is 0. The maximum Gasteiger partial charge on any atom is 0.226 e. The van der Waals surface area contributed by atoms with Crippen molar-refractivity contribution in [2.75, 3.05) is 20.3 Å². The van der Waals surface area contributed by atoms with Crippen LogP contribution in [-0.4, -0.2) is 26.2 Å². The molecular formula is C21H29ClN2O2. The molecule has 0 spiro atoms. The number of benzene rings is 2. The third kappa shape index (κ3) is 4.37. The minimum Gasteiger partial charge on any atom is -0.385 e. The third-order valence-electron chi connectivity index (χ3n) is 5.54. The molecule has 0 aliphatic heterocycles. The van der Waals surface area contributed by atoms with Crippen LogP contribution in [0.25, 0.3) is 10.8 Å². The van der Waals surface area contributed by atoms with E-state index in [2.05, 4.69) is 35.6 Å². The van der Waals surface area contributed by atoms with E-state index in [0.717, 1.165) is 37.7 Å². The van der Waals surface area contributed by atoms with Gasteiger partial charge in [-0.15, -0.1) is 12.4 Å². The van der Waals surface area contributed by atoms with Crippen LogP contribution in [-0.2, 0) is 9.53 Å². The number of hydrogen-bond donors (Lipinski definition) is 2. The summed E-state index contributed by atoms with van der Waals surface area (Å²) in [5, 5.41) is 5.58. The van der Waals surface area contributed by atoms with Crippen molar-refractivity contribution in [3.63, 3.8) is 0 Å². The van der Waals surface area contributed by atoms with Gasteiger partial charge in [-0.2, -0.15) is 0 Å². The number of amides is 1. The molecule has 1 fully saturated rings. The van der Waals surface area contributed by atoms with Crippen LogP contribution in [0.15, 0.2) is 42.5 Å². The summed E-state index contributed by atoms with van der Waals surface area (Å²) in [5.74, 6) is 0.130. The molecule has 2 aromatic carbocycles. The van der Waals surface area contributed by atoms with E-state index in [0.29, 0.717) is 13.2 Å². The van der Waals surface area contributed by atoms with Gasteiger partial charge in [0.25, 0.3) is 0 Å². The number of carbonyl (C=O) groups excluding carboxylic acids is 1. The molecule has 3 N–H and O–H groups in total. The first-order chi connectivity index (χ1) is 12.2. The van der Waals surface area contributed by atoms with Gasteiger partial charge in [-0.1, -0.05) is 49.2 Å². The smallest absolute Gasteiger partial charge is 0.226 e. The first kappa shape index (κ1) is 20.7. The number of methoxy groups -OCH3 is 1. The fourth-order valence-corrected chi connectivity index (χ4v) is 3.95. The first-order valence-electron chi connectivity index (χ1n) is 9.17. The van der Waals surface area contributed by atoms with Crippen molar-refractivity contribution in [2.24, 2.45) is 11.1 Å². The van der Waals surface area contributed by atoms with Gasteiger partial charge in [-0.05, 0) is 41.7 Å². The molecule has 142 valence electrons. The molecule has 1 atom stereocenters. The molecule has 0 aromatic heterocycles. The van der Waals surface area contributed by atoms with E-state index < -0.39 is 0 Å².